The van der Waals surface area contributed by atoms with Gasteiger partial charge in [0.1, 0.15) is 18.1 Å². The number of nitrogens with two attached hydrogens (primary N) is 2. The van der Waals surface area contributed by atoms with Gasteiger partial charge in [-0.2, -0.15) is 0 Å². The quantitative estimate of drug-likeness (QED) is 0.172. The maximum absolute atomic E-state index is 12.7. The number of imidazole rings is 1. The lowest BCUT2D eigenvalue weighted by atomic mass is 10.0. The lowest BCUT2D eigenvalue weighted by molar-refractivity contribution is -0.142. The molecule has 0 saturated heterocycles. The monoisotopic (exact) mass is 453 g/mol. The van der Waals surface area contributed by atoms with Gasteiger partial charge in [-0.05, 0) is 19.3 Å². The number of aromatic amines is 1. The first-order valence-electron chi connectivity index (χ1n) is 10.1. The summed E-state index contributed by atoms with van der Waals surface area (Å²) in [4.78, 5) is 66.2. The van der Waals surface area contributed by atoms with Crippen LogP contribution in [0.15, 0.2) is 12.5 Å². The van der Waals surface area contributed by atoms with Gasteiger partial charge in [0.15, 0.2) is 0 Å². The molecule has 32 heavy (non-hydrogen) atoms. The number of hydrogen-bond donors (Lipinski definition) is 7. The van der Waals surface area contributed by atoms with Crippen molar-refractivity contribution < 1.29 is 29.1 Å². The molecule has 0 aliphatic rings. The summed E-state index contributed by atoms with van der Waals surface area (Å²) in [6.45, 7) is 4.76. The summed E-state index contributed by atoms with van der Waals surface area (Å²) in [5.41, 5.74) is 11.2. The van der Waals surface area contributed by atoms with E-state index in [0.717, 1.165) is 0 Å². The van der Waals surface area contributed by atoms with E-state index in [0.29, 0.717) is 5.69 Å². The first-order valence-corrected chi connectivity index (χ1v) is 10.1. The Morgan fingerprint density at radius 3 is 2.22 bits per heavy atom. The van der Waals surface area contributed by atoms with Crippen molar-refractivity contribution in [2.75, 3.05) is 0 Å². The van der Waals surface area contributed by atoms with E-state index in [1.54, 1.807) is 13.8 Å². The highest BCUT2D eigenvalue weighted by atomic mass is 16.4. The molecule has 0 aliphatic heterocycles. The first-order chi connectivity index (χ1) is 14.9. The van der Waals surface area contributed by atoms with Crippen LogP contribution < -0.4 is 27.4 Å². The molecular weight excluding hydrogens is 422 g/mol. The number of aliphatic carboxylic acids is 1. The molecule has 0 radical (unpaired) electrons. The second-order valence-corrected chi connectivity index (χ2v) is 7.75. The smallest absolute Gasteiger partial charge is 0.326 e. The Balaban J connectivity index is 2.72. The number of carbonyl (C=O) groups is 5. The van der Waals surface area contributed by atoms with Crippen molar-refractivity contribution in [1.29, 1.82) is 0 Å². The van der Waals surface area contributed by atoms with Crippen LogP contribution in [0.5, 0.6) is 0 Å². The molecule has 4 unspecified atom stereocenters. The number of amides is 4. The number of carboxylic acids is 1. The molecule has 0 aliphatic carbocycles. The Labute approximate surface area is 185 Å². The Morgan fingerprint density at radius 1 is 1.06 bits per heavy atom. The average molecular weight is 454 g/mol. The molecule has 0 saturated carbocycles. The molecule has 1 aromatic rings. The van der Waals surface area contributed by atoms with Gasteiger partial charge < -0.3 is 37.5 Å². The van der Waals surface area contributed by atoms with Crippen LogP contribution in [-0.2, 0) is 30.4 Å². The number of H-pyrrole nitrogens is 1. The highest BCUT2D eigenvalue weighted by Crippen LogP contribution is 2.06. The van der Waals surface area contributed by atoms with E-state index in [4.69, 9.17) is 11.5 Å². The minimum absolute atomic E-state index is 0.0184. The molecule has 0 aromatic carbocycles. The van der Waals surface area contributed by atoms with Gasteiger partial charge >= 0.3 is 5.97 Å². The summed E-state index contributed by atoms with van der Waals surface area (Å²) in [7, 11) is 0. The van der Waals surface area contributed by atoms with Gasteiger partial charge in [0.25, 0.3) is 0 Å². The van der Waals surface area contributed by atoms with Gasteiger partial charge in [-0.15, -0.1) is 0 Å². The Hall–Kier alpha value is -3.48. The van der Waals surface area contributed by atoms with Gasteiger partial charge in [-0.1, -0.05) is 13.8 Å². The van der Waals surface area contributed by atoms with Crippen LogP contribution in [0.4, 0.5) is 0 Å². The summed E-state index contributed by atoms with van der Waals surface area (Å²) in [5.74, 6) is -4.21. The summed E-state index contributed by atoms with van der Waals surface area (Å²) >= 11 is 0. The van der Waals surface area contributed by atoms with Crippen molar-refractivity contribution in [1.82, 2.24) is 25.9 Å². The normalized spacial score (nSPS) is 14.7. The fourth-order valence-corrected chi connectivity index (χ4v) is 2.71. The third-order valence-corrected chi connectivity index (χ3v) is 4.63. The van der Waals surface area contributed by atoms with E-state index in [1.165, 1.54) is 19.4 Å². The van der Waals surface area contributed by atoms with Gasteiger partial charge in [0.05, 0.1) is 12.4 Å². The molecule has 1 aromatic heterocycles. The Kier molecular flexibility index (Phi) is 10.3. The van der Waals surface area contributed by atoms with Crippen LogP contribution in [0.1, 0.15) is 39.3 Å². The van der Waals surface area contributed by atoms with Crippen molar-refractivity contribution in [3.8, 4) is 0 Å². The molecule has 0 bridgehead atoms. The highest BCUT2D eigenvalue weighted by molar-refractivity contribution is 5.94. The molecule has 13 nitrogen and oxygen atoms in total. The number of hydrogen-bond acceptors (Lipinski definition) is 7. The van der Waals surface area contributed by atoms with Crippen LogP contribution >= 0.6 is 0 Å². The molecule has 0 spiro atoms. The molecule has 1 heterocycles. The largest absolute Gasteiger partial charge is 0.480 e. The summed E-state index contributed by atoms with van der Waals surface area (Å²) in [6.07, 6.45) is 2.77. The lowest BCUT2D eigenvalue weighted by Crippen LogP contribution is -2.58. The third-order valence-electron chi connectivity index (χ3n) is 4.63. The zero-order valence-corrected chi connectivity index (χ0v) is 18.3. The van der Waals surface area contributed by atoms with E-state index in [-0.39, 0.29) is 25.2 Å². The fourth-order valence-electron chi connectivity index (χ4n) is 2.71. The van der Waals surface area contributed by atoms with Crippen molar-refractivity contribution >= 4 is 29.6 Å². The van der Waals surface area contributed by atoms with Crippen LogP contribution in [0.3, 0.4) is 0 Å². The van der Waals surface area contributed by atoms with Crippen molar-refractivity contribution in [3.05, 3.63) is 18.2 Å². The molecule has 0 fully saturated rings. The topological polar surface area (TPSA) is 222 Å². The van der Waals surface area contributed by atoms with Crippen LogP contribution in [-0.4, -0.2) is 68.8 Å². The first kappa shape index (κ1) is 26.6. The minimum Gasteiger partial charge on any atom is -0.480 e. The van der Waals surface area contributed by atoms with Crippen molar-refractivity contribution in [3.63, 3.8) is 0 Å². The van der Waals surface area contributed by atoms with Gasteiger partial charge in [0.2, 0.25) is 23.6 Å². The number of aromatic nitrogens is 2. The molecule has 13 heteroatoms. The predicted molar refractivity (Wildman–Crippen MR) is 113 cm³/mol. The number of primary amides is 1. The average Bonchev–Trinajstić information content (AvgIpc) is 3.21. The molecule has 9 N–H and O–H groups in total. The molecule has 4 atom stereocenters. The molecule has 178 valence electrons. The zero-order chi connectivity index (χ0) is 24.4. The molecular formula is C19H31N7O6. The minimum atomic E-state index is -1.24. The Morgan fingerprint density at radius 2 is 1.72 bits per heavy atom. The van der Waals surface area contributed by atoms with Crippen molar-refractivity contribution in [2.24, 2.45) is 17.4 Å². The summed E-state index contributed by atoms with van der Waals surface area (Å²) < 4.78 is 0. The van der Waals surface area contributed by atoms with E-state index in [2.05, 4.69) is 25.9 Å². The number of rotatable bonds is 13. The maximum Gasteiger partial charge on any atom is 0.326 e. The summed E-state index contributed by atoms with van der Waals surface area (Å²) in [6, 6.07) is -4.34. The Bertz CT molecular complexity index is 811. The maximum atomic E-state index is 12.7. The second kappa shape index (κ2) is 12.4. The van der Waals surface area contributed by atoms with E-state index < -0.39 is 53.8 Å². The number of carbonyl (C=O) groups excluding carboxylic acids is 4. The van der Waals surface area contributed by atoms with Crippen LogP contribution in [0, 0.1) is 5.92 Å². The van der Waals surface area contributed by atoms with Crippen LogP contribution in [0.2, 0.25) is 0 Å². The zero-order valence-electron chi connectivity index (χ0n) is 18.3. The van der Waals surface area contributed by atoms with Gasteiger partial charge in [0, 0.05) is 24.7 Å². The number of nitrogens with zero attached hydrogens (tertiary/aromatic N) is 1. The van der Waals surface area contributed by atoms with Gasteiger partial charge in [-0.25, -0.2) is 9.78 Å². The highest BCUT2D eigenvalue weighted by Gasteiger charge is 2.30. The van der Waals surface area contributed by atoms with E-state index >= 15 is 0 Å². The summed E-state index contributed by atoms with van der Waals surface area (Å²) in [5, 5.41) is 16.8. The van der Waals surface area contributed by atoms with Crippen molar-refractivity contribution in [2.45, 2.75) is 64.2 Å². The predicted octanol–water partition coefficient (Wildman–Crippen LogP) is -2.24. The second-order valence-electron chi connectivity index (χ2n) is 7.75. The lowest BCUT2D eigenvalue weighted by Gasteiger charge is -2.26. The third kappa shape index (κ3) is 8.71. The standard InChI is InChI=1S/C19H31N7O6/c1-9(2)15(18(30)25-13(19(31)32)6-11-7-22-8-23-11)26-16(28)10(3)24-17(29)12(20)4-5-14(21)27/h7-10,12-13,15H,4-6,20H2,1-3H3,(H2,21,27)(H,22,23)(H,24,29)(H,25,30)(H,26,28)(H,31,32). The number of nitrogens with one attached hydrogen (secondary N) is 4. The SMILES string of the molecule is CC(NC(=O)C(N)CCC(N)=O)C(=O)NC(C(=O)NC(Cc1cnc[nH]1)C(=O)O)C(C)C. The fraction of sp³-hybridized carbons (Fsp3) is 0.579. The molecule has 4 amide bonds. The number of carboxylic acid groups (broad SMARTS) is 1. The molecule has 1 rings (SSSR count). The van der Waals surface area contributed by atoms with Gasteiger partial charge in [-0.3, -0.25) is 19.2 Å². The van der Waals surface area contributed by atoms with Crippen LogP contribution in [0.25, 0.3) is 0 Å². The van der Waals surface area contributed by atoms with E-state index in [9.17, 15) is 29.1 Å². The van der Waals surface area contributed by atoms with E-state index in [1.807, 2.05) is 0 Å².